The first-order valence-corrected chi connectivity index (χ1v) is 11.0. The fourth-order valence-electron chi connectivity index (χ4n) is 3.24. The van der Waals surface area contributed by atoms with E-state index in [0.29, 0.717) is 5.16 Å². The summed E-state index contributed by atoms with van der Waals surface area (Å²) in [5.74, 6) is 0. The summed E-state index contributed by atoms with van der Waals surface area (Å²) >= 11 is 0. The Morgan fingerprint density at radius 1 is 0.833 bits per heavy atom. The Hall–Kier alpha value is -0.700. The fraction of sp³-hybridized carbons (Fsp3) is 0.455. The fourth-order valence-corrected chi connectivity index (χ4v) is 4.91. The summed E-state index contributed by atoms with van der Waals surface area (Å²) in [5.41, 5.74) is 0. The maximum absolute atomic E-state index is 3.11. The van der Waals surface area contributed by atoms with E-state index in [1.165, 1.54) is 62.0 Å². The van der Waals surface area contributed by atoms with E-state index in [9.17, 15) is 0 Å². The van der Waals surface area contributed by atoms with Gasteiger partial charge in [0.15, 0.2) is 0 Å². The standard InChI is InChI=1S/C12H11P.C10H21P/c1-3-7-11(8-4-1)13-12-9-5-2-6-10-12;1-2-3-7-10(11)8-5-4-6-9-10/h1-10,13H;2-9,11H2,1H3. The van der Waals surface area contributed by atoms with Crippen LogP contribution in [0.4, 0.5) is 0 Å². The van der Waals surface area contributed by atoms with Crippen molar-refractivity contribution in [1.29, 1.82) is 0 Å². The minimum absolute atomic E-state index is 0.647. The zero-order chi connectivity index (χ0) is 17.1. The SMILES string of the molecule is CCCCC1(P)CCCCC1.c1ccc(Pc2ccccc2)cc1. The van der Waals surface area contributed by atoms with Crippen LogP contribution >= 0.6 is 17.8 Å². The number of rotatable bonds is 5. The van der Waals surface area contributed by atoms with E-state index in [2.05, 4.69) is 76.8 Å². The Balaban J connectivity index is 0.000000177. The molecule has 0 heterocycles. The lowest BCUT2D eigenvalue weighted by Gasteiger charge is -2.33. The minimum atomic E-state index is 0.647. The second kappa shape index (κ2) is 11.0. The molecule has 1 aliphatic carbocycles. The third-order valence-corrected chi connectivity index (χ3v) is 6.82. The van der Waals surface area contributed by atoms with Crippen molar-refractivity contribution in [3.05, 3.63) is 60.7 Å². The van der Waals surface area contributed by atoms with Gasteiger partial charge in [0.2, 0.25) is 0 Å². The highest BCUT2D eigenvalue weighted by Crippen LogP contribution is 2.39. The zero-order valence-corrected chi connectivity index (χ0v) is 17.2. The topological polar surface area (TPSA) is 0 Å². The van der Waals surface area contributed by atoms with Gasteiger partial charge in [-0.25, -0.2) is 0 Å². The van der Waals surface area contributed by atoms with Crippen LogP contribution in [0.15, 0.2) is 60.7 Å². The molecule has 0 aromatic heterocycles. The molecule has 1 aliphatic rings. The number of unbranched alkanes of at least 4 members (excludes halogenated alkanes) is 1. The lowest BCUT2D eigenvalue weighted by molar-refractivity contribution is 0.369. The molecule has 0 radical (unpaired) electrons. The molecule has 0 amide bonds. The molecular weight excluding hydrogens is 326 g/mol. The molecule has 24 heavy (non-hydrogen) atoms. The van der Waals surface area contributed by atoms with Crippen LogP contribution in [-0.2, 0) is 0 Å². The van der Waals surface area contributed by atoms with Crippen molar-refractivity contribution in [2.45, 2.75) is 63.4 Å². The number of hydrogen-bond donors (Lipinski definition) is 0. The Morgan fingerprint density at radius 2 is 1.33 bits per heavy atom. The molecule has 2 aromatic carbocycles. The summed E-state index contributed by atoms with van der Waals surface area (Å²) in [6, 6.07) is 21.2. The number of benzene rings is 2. The average Bonchev–Trinajstić information content (AvgIpc) is 2.63. The molecule has 0 N–H and O–H groups in total. The van der Waals surface area contributed by atoms with Crippen molar-refractivity contribution in [2.75, 3.05) is 0 Å². The summed E-state index contributed by atoms with van der Waals surface area (Å²) in [7, 11) is 3.89. The molecule has 1 unspecified atom stereocenters. The quantitative estimate of drug-likeness (QED) is 0.569. The van der Waals surface area contributed by atoms with Crippen LogP contribution < -0.4 is 10.6 Å². The van der Waals surface area contributed by atoms with E-state index in [1.807, 2.05) is 0 Å². The first-order valence-electron chi connectivity index (χ1n) is 9.38. The summed E-state index contributed by atoms with van der Waals surface area (Å²) in [4.78, 5) is 0. The predicted molar refractivity (Wildman–Crippen MR) is 116 cm³/mol. The molecule has 0 bridgehead atoms. The van der Waals surface area contributed by atoms with Gasteiger partial charge < -0.3 is 0 Å². The van der Waals surface area contributed by atoms with Crippen molar-refractivity contribution >= 4 is 28.4 Å². The van der Waals surface area contributed by atoms with E-state index in [0.717, 1.165) is 8.58 Å². The van der Waals surface area contributed by atoms with Crippen LogP contribution in [0, 0.1) is 0 Å². The first-order chi connectivity index (χ1) is 11.7. The van der Waals surface area contributed by atoms with Gasteiger partial charge in [0.25, 0.3) is 0 Å². The van der Waals surface area contributed by atoms with Crippen LogP contribution in [-0.4, -0.2) is 5.16 Å². The van der Waals surface area contributed by atoms with E-state index in [-0.39, 0.29) is 0 Å². The Bertz CT molecular complexity index is 507. The van der Waals surface area contributed by atoms with Crippen LogP contribution in [0.1, 0.15) is 58.3 Å². The summed E-state index contributed by atoms with van der Waals surface area (Å²) in [6.07, 6.45) is 11.5. The third kappa shape index (κ3) is 7.46. The molecule has 0 spiro atoms. The van der Waals surface area contributed by atoms with Crippen LogP contribution in [0.2, 0.25) is 0 Å². The van der Waals surface area contributed by atoms with E-state index < -0.39 is 0 Å². The minimum Gasteiger partial charge on any atom is -0.131 e. The Labute approximate surface area is 152 Å². The molecule has 3 rings (SSSR count). The molecule has 130 valence electrons. The summed E-state index contributed by atoms with van der Waals surface area (Å²) in [5, 5.41) is 3.44. The van der Waals surface area contributed by atoms with Gasteiger partial charge in [-0.3, -0.25) is 0 Å². The molecule has 1 saturated carbocycles. The maximum Gasteiger partial charge on any atom is -0.0150 e. The maximum atomic E-state index is 3.11. The molecule has 0 saturated heterocycles. The lowest BCUT2D eigenvalue weighted by atomic mass is 9.85. The monoisotopic (exact) mass is 358 g/mol. The second-order valence-electron chi connectivity index (χ2n) is 6.88. The van der Waals surface area contributed by atoms with Crippen LogP contribution in [0.5, 0.6) is 0 Å². The summed E-state index contributed by atoms with van der Waals surface area (Å²) in [6.45, 7) is 2.29. The van der Waals surface area contributed by atoms with Gasteiger partial charge in [-0.2, -0.15) is 0 Å². The molecule has 1 atom stereocenters. The highest BCUT2D eigenvalue weighted by atomic mass is 31.1. The van der Waals surface area contributed by atoms with Gasteiger partial charge in [0.1, 0.15) is 0 Å². The largest absolute Gasteiger partial charge is 0.131 e. The van der Waals surface area contributed by atoms with Crippen molar-refractivity contribution < 1.29 is 0 Å². The van der Waals surface area contributed by atoms with Crippen molar-refractivity contribution in [1.82, 2.24) is 0 Å². The highest BCUT2D eigenvalue weighted by Gasteiger charge is 2.25. The lowest BCUT2D eigenvalue weighted by Crippen LogP contribution is -2.23. The van der Waals surface area contributed by atoms with Crippen molar-refractivity contribution in [3.8, 4) is 0 Å². The average molecular weight is 358 g/mol. The Morgan fingerprint density at radius 3 is 1.79 bits per heavy atom. The number of hydrogen-bond acceptors (Lipinski definition) is 0. The smallest absolute Gasteiger partial charge is 0.0150 e. The van der Waals surface area contributed by atoms with Crippen LogP contribution in [0.3, 0.4) is 0 Å². The van der Waals surface area contributed by atoms with E-state index >= 15 is 0 Å². The first kappa shape index (κ1) is 19.6. The zero-order valence-electron chi connectivity index (χ0n) is 15.0. The van der Waals surface area contributed by atoms with Crippen molar-refractivity contribution in [2.24, 2.45) is 0 Å². The van der Waals surface area contributed by atoms with Gasteiger partial charge >= 0.3 is 0 Å². The van der Waals surface area contributed by atoms with E-state index in [4.69, 9.17) is 0 Å². The van der Waals surface area contributed by atoms with E-state index in [1.54, 1.807) is 0 Å². The van der Waals surface area contributed by atoms with Gasteiger partial charge in [-0.1, -0.05) is 108 Å². The summed E-state index contributed by atoms with van der Waals surface area (Å²) < 4.78 is 0. The molecule has 0 aliphatic heterocycles. The molecule has 2 heteroatoms. The highest BCUT2D eigenvalue weighted by molar-refractivity contribution is 7.55. The molecule has 1 fully saturated rings. The van der Waals surface area contributed by atoms with Crippen LogP contribution in [0.25, 0.3) is 0 Å². The predicted octanol–water partition coefficient (Wildman–Crippen LogP) is 6.07. The second-order valence-corrected chi connectivity index (χ2v) is 9.51. The van der Waals surface area contributed by atoms with Gasteiger partial charge in [-0.15, -0.1) is 9.24 Å². The molecular formula is C22H32P2. The molecule has 0 nitrogen and oxygen atoms in total. The molecule has 2 aromatic rings. The normalized spacial score (nSPS) is 16.1. The Kier molecular flexibility index (Phi) is 9.01. The van der Waals surface area contributed by atoms with Gasteiger partial charge in [0.05, 0.1) is 0 Å². The van der Waals surface area contributed by atoms with Gasteiger partial charge in [-0.05, 0) is 35.0 Å². The van der Waals surface area contributed by atoms with Crippen molar-refractivity contribution in [3.63, 3.8) is 0 Å². The third-order valence-electron chi connectivity index (χ3n) is 4.71. The van der Waals surface area contributed by atoms with Gasteiger partial charge in [0, 0.05) is 0 Å².